The Labute approximate surface area is 71.1 Å². The number of ether oxygens (including phenoxy) is 1. The molecular weight excluding hydrogens is 154 g/mol. The van der Waals surface area contributed by atoms with Crippen LogP contribution in [0.4, 0.5) is 0 Å². The Bertz CT molecular complexity index is 266. The lowest BCUT2D eigenvalue weighted by molar-refractivity contribution is -0.120. The van der Waals surface area contributed by atoms with E-state index in [0.29, 0.717) is 5.75 Å². The van der Waals surface area contributed by atoms with Crippen LogP contribution < -0.4 is 10.5 Å². The maximum absolute atomic E-state index is 10.2. The van der Waals surface area contributed by atoms with E-state index in [1.54, 1.807) is 12.1 Å². The predicted molar refractivity (Wildman–Crippen MR) is 44.8 cm³/mol. The van der Waals surface area contributed by atoms with Gasteiger partial charge in [-0.05, 0) is 19.1 Å². The zero-order valence-electron chi connectivity index (χ0n) is 6.83. The minimum Gasteiger partial charge on any atom is -0.484 e. The van der Waals surface area contributed by atoms with E-state index in [9.17, 15) is 4.79 Å². The van der Waals surface area contributed by atoms with Crippen molar-refractivity contribution in [3.63, 3.8) is 0 Å². The molecule has 63 valence electrons. The molecule has 0 aliphatic carbocycles. The van der Waals surface area contributed by atoms with Crippen LogP contribution in [0, 0.1) is 6.92 Å². The summed E-state index contributed by atoms with van der Waals surface area (Å²) in [5.74, 6) is -0.0863. The van der Waals surface area contributed by atoms with Crippen molar-refractivity contribution in [1.82, 2.24) is 5.73 Å². The molecule has 1 aromatic carbocycles. The summed E-state index contributed by atoms with van der Waals surface area (Å²) in [6.45, 7) is 1.79. The summed E-state index contributed by atoms with van der Waals surface area (Å²) >= 11 is 0. The van der Waals surface area contributed by atoms with Gasteiger partial charge in [0.05, 0.1) is 0 Å². The van der Waals surface area contributed by atoms with Crippen molar-refractivity contribution >= 4 is 5.91 Å². The molecule has 0 aromatic heterocycles. The highest BCUT2D eigenvalue weighted by molar-refractivity contribution is 5.74. The molecule has 3 heteroatoms. The van der Waals surface area contributed by atoms with Crippen LogP contribution in [0.5, 0.6) is 5.75 Å². The second-order valence-electron chi connectivity index (χ2n) is 2.52. The van der Waals surface area contributed by atoms with Crippen LogP contribution in [0.15, 0.2) is 24.3 Å². The Balaban J connectivity index is 2.53. The number of rotatable bonds is 3. The van der Waals surface area contributed by atoms with Crippen LogP contribution in [-0.4, -0.2) is 12.5 Å². The van der Waals surface area contributed by atoms with E-state index in [0.717, 1.165) is 5.56 Å². The van der Waals surface area contributed by atoms with Crippen molar-refractivity contribution in [3.8, 4) is 5.75 Å². The van der Waals surface area contributed by atoms with E-state index in [-0.39, 0.29) is 6.61 Å². The van der Waals surface area contributed by atoms with E-state index in [4.69, 9.17) is 10.5 Å². The van der Waals surface area contributed by atoms with E-state index in [1.807, 2.05) is 19.1 Å². The topological polar surface area (TPSA) is 50.1 Å². The minimum atomic E-state index is -0.712. The monoisotopic (exact) mass is 164 g/mol. The van der Waals surface area contributed by atoms with Gasteiger partial charge in [-0.3, -0.25) is 10.5 Å². The van der Waals surface area contributed by atoms with Crippen LogP contribution in [0.1, 0.15) is 5.56 Å². The quantitative estimate of drug-likeness (QED) is 0.673. The Hall–Kier alpha value is -1.51. The van der Waals surface area contributed by atoms with Gasteiger partial charge in [-0.1, -0.05) is 17.7 Å². The predicted octanol–water partition coefficient (Wildman–Crippen LogP) is 1.18. The summed E-state index contributed by atoms with van der Waals surface area (Å²) in [5, 5.41) is 0. The van der Waals surface area contributed by atoms with Crippen molar-refractivity contribution in [3.05, 3.63) is 29.8 Å². The molecule has 0 bridgehead atoms. The lowest BCUT2D eigenvalue weighted by atomic mass is 10.2. The molecule has 0 unspecified atom stereocenters. The smallest absolute Gasteiger partial charge is 0.276 e. The van der Waals surface area contributed by atoms with Crippen LogP contribution in [0.25, 0.3) is 0 Å². The summed E-state index contributed by atoms with van der Waals surface area (Å²) in [4.78, 5) is 10.2. The van der Waals surface area contributed by atoms with Crippen LogP contribution >= 0.6 is 0 Å². The highest BCUT2D eigenvalue weighted by Crippen LogP contribution is 2.10. The molecule has 1 N–H and O–H groups in total. The number of aryl methyl sites for hydroxylation is 1. The molecular formula is C9H10NO2. The molecule has 1 radical (unpaired) electrons. The summed E-state index contributed by atoms with van der Waals surface area (Å²) in [6, 6.07) is 7.34. The summed E-state index contributed by atoms with van der Waals surface area (Å²) in [6.07, 6.45) is 0. The molecule has 0 saturated carbocycles. The molecule has 0 spiro atoms. The number of benzene rings is 1. The number of amides is 1. The van der Waals surface area contributed by atoms with Gasteiger partial charge < -0.3 is 4.74 Å². The van der Waals surface area contributed by atoms with Crippen molar-refractivity contribution in [1.29, 1.82) is 0 Å². The van der Waals surface area contributed by atoms with Crippen LogP contribution in [0.2, 0.25) is 0 Å². The molecule has 0 atom stereocenters. The third kappa shape index (κ3) is 2.62. The number of hydrogen-bond acceptors (Lipinski definition) is 2. The Kier molecular flexibility index (Phi) is 2.69. The number of nitrogens with one attached hydrogen (secondary N) is 1. The summed E-state index contributed by atoms with van der Waals surface area (Å²) < 4.78 is 4.99. The zero-order valence-corrected chi connectivity index (χ0v) is 6.83. The first-order valence-electron chi connectivity index (χ1n) is 3.62. The van der Waals surface area contributed by atoms with E-state index in [2.05, 4.69) is 0 Å². The van der Waals surface area contributed by atoms with Crippen molar-refractivity contribution < 1.29 is 9.53 Å². The fourth-order valence-corrected chi connectivity index (χ4v) is 0.783. The van der Waals surface area contributed by atoms with E-state index < -0.39 is 5.91 Å². The molecule has 0 saturated heterocycles. The van der Waals surface area contributed by atoms with Gasteiger partial charge in [-0.25, -0.2) is 0 Å². The van der Waals surface area contributed by atoms with Gasteiger partial charge in [0.25, 0.3) is 5.91 Å². The molecule has 1 amide bonds. The van der Waals surface area contributed by atoms with Gasteiger partial charge in [0.15, 0.2) is 6.61 Å². The Morgan fingerprint density at radius 1 is 1.42 bits per heavy atom. The maximum atomic E-state index is 10.2. The first-order chi connectivity index (χ1) is 5.68. The van der Waals surface area contributed by atoms with Crippen molar-refractivity contribution in [2.45, 2.75) is 6.92 Å². The lowest BCUT2D eigenvalue weighted by Gasteiger charge is -2.02. The molecule has 1 rings (SSSR count). The molecule has 12 heavy (non-hydrogen) atoms. The van der Waals surface area contributed by atoms with Gasteiger partial charge in [-0.2, -0.15) is 0 Å². The number of carbonyl (C=O) groups excluding carboxylic acids is 1. The second kappa shape index (κ2) is 3.76. The van der Waals surface area contributed by atoms with E-state index >= 15 is 0 Å². The standard InChI is InChI=1S/C9H10NO2/c1-7-2-4-8(5-3-7)12-6-9(10)11/h2-5,10H,6H2,1H3. The van der Waals surface area contributed by atoms with Gasteiger partial charge in [-0.15, -0.1) is 0 Å². The summed E-state index contributed by atoms with van der Waals surface area (Å²) in [5.41, 5.74) is 7.74. The molecule has 1 aromatic rings. The first-order valence-corrected chi connectivity index (χ1v) is 3.62. The SMILES string of the molecule is Cc1ccc(OCC([NH])=O)cc1. The number of carbonyl (C=O) groups is 1. The molecule has 0 fully saturated rings. The third-order valence-electron chi connectivity index (χ3n) is 1.39. The largest absolute Gasteiger partial charge is 0.484 e. The molecule has 3 nitrogen and oxygen atoms in total. The van der Waals surface area contributed by atoms with Crippen LogP contribution in [-0.2, 0) is 4.79 Å². The average Bonchev–Trinajstić information content (AvgIpc) is 2.03. The second-order valence-corrected chi connectivity index (χ2v) is 2.52. The fourth-order valence-electron chi connectivity index (χ4n) is 0.783. The Morgan fingerprint density at radius 2 is 2.00 bits per heavy atom. The molecule has 0 heterocycles. The van der Waals surface area contributed by atoms with Gasteiger partial charge >= 0.3 is 0 Å². The van der Waals surface area contributed by atoms with Gasteiger partial charge in [0.1, 0.15) is 5.75 Å². The summed E-state index contributed by atoms with van der Waals surface area (Å²) in [7, 11) is 0. The van der Waals surface area contributed by atoms with Crippen LogP contribution in [0.3, 0.4) is 0 Å². The average molecular weight is 164 g/mol. The maximum Gasteiger partial charge on any atom is 0.276 e. The third-order valence-corrected chi connectivity index (χ3v) is 1.39. The van der Waals surface area contributed by atoms with Gasteiger partial charge in [0.2, 0.25) is 0 Å². The number of hydrogen-bond donors (Lipinski definition) is 0. The lowest BCUT2D eigenvalue weighted by Crippen LogP contribution is -2.11. The minimum absolute atomic E-state index is 0.178. The van der Waals surface area contributed by atoms with Gasteiger partial charge in [0, 0.05) is 0 Å². The zero-order chi connectivity index (χ0) is 8.97. The normalized spacial score (nSPS) is 9.42. The molecule has 0 aliphatic rings. The van der Waals surface area contributed by atoms with E-state index in [1.165, 1.54) is 0 Å². The Morgan fingerprint density at radius 3 is 2.50 bits per heavy atom. The fraction of sp³-hybridized carbons (Fsp3) is 0.222. The first kappa shape index (κ1) is 8.59. The highest BCUT2D eigenvalue weighted by atomic mass is 16.5. The van der Waals surface area contributed by atoms with Crippen molar-refractivity contribution in [2.24, 2.45) is 0 Å². The van der Waals surface area contributed by atoms with Crippen molar-refractivity contribution in [2.75, 3.05) is 6.61 Å². The highest BCUT2D eigenvalue weighted by Gasteiger charge is 1.96. The molecule has 0 aliphatic heterocycles.